The second-order valence-corrected chi connectivity index (χ2v) is 5.46. The van der Waals surface area contributed by atoms with Crippen LogP contribution in [-0.2, 0) is 0 Å². The SMILES string of the molecule is COc1ccc(NC(=S)Nc2ccccc2C(C)C)cc1. The summed E-state index contributed by atoms with van der Waals surface area (Å²) < 4.78 is 5.14. The summed E-state index contributed by atoms with van der Waals surface area (Å²) in [5.74, 6) is 1.27. The van der Waals surface area contributed by atoms with Crippen LogP contribution in [0.15, 0.2) is 48.5 Å². The van der Waals surface area contributed by atoms with Crippen LogP contribution < -0.4 is 15.4 Å². The number of ether oxygens (including phenoxy) is 1. The van der Waals surface area contributed by atoms with Crippen molar-refractivity contribution in [3.63, 3.8) is 0 Å². The fourth-order valence-electron chi connectivity index (χ4n) is 2.07. The van der Waals surface area contributed by atoms with Crippen molar-refractivity contribution in [1.29, 1.82) is 0 Å². The van der Waals surface area contributed by atoms with E-state index in [1.54, 1.807) is 7.11 Å². The molecule has 0 aliphatic carbocycles. The van der Waals surface area contributed by atoms with Crippen molar-refractivity contribution in [2.45, 2.75) is 19.8 Å². The van der Waals surface area contributed by atoms with Crippen LogP contribution in [-0.4, -0.2) is 12.2 Å². The molecule has 2 aromatic carbocycles. The third kappa shape index (κ3) is 4.20. The Bertz CT molecular complexity index is 608. The normalized spacial score (nSPS) is 10.3. The van der Waals surface area contributed by atoms with Crippen LogP contribution >= 0.6 is 12.2 Å². The Balaban J connectivity index is 2.04. The van der Waals surface area contributed by atoms with Crippen molar-refractivity contribution < 1.29 is 4.74 Å². The summed E-state index contributed by atoms with van der Waals surface area (Å²) in [5, 5.41) is 7.01. The smallest absolute Gasteiger partial charge is 0.175 e. The molecule has 0 bridgehead atoms. The average molecular weight is 300 g/mol. The van der Waals surface area contributed by atoms with Crippen LogP contribution in [0, 0.1) is 0 Å². The van der Waals surface area contributed by atoms with Crippen LogP contribution in [0.25, 0.3) is 0 Å². The van der Waals surface area contributed by atoms with Gasteiger partial charge in [-0.05, 0) is 54.0 Å². The van der Waals surface area contributed by atoms with Gasteiger partial charge in [-0.1, -0.05) is 32.0 Å². The summed E-state index contributed by atoms with van der Waals surface area (Å²) in [4.78, 5) is 0. The quantitative estimate of drug-likeness (QED) is 0.807. The molecule has 21 heavy (non-hydrogen) atoms. The van der Waals surface area contributed by atoms with Crippen LogP contribution in [0.4, 0.5) is 11.4 Å². The van der Waals surface area contributed by atoms with Crippen LogP contribution in [0.5, 0.6) is 5.75 Å². The van der Waals surface area contributed by atoms with Crippen LogP contribution in [0.2, 0.25) is 0 Å². The number of methoxy groups -OCH3 is 1. The molecule has 0 amide bonds. The lowest BCUT2D eigenvalue weighted by molar-refractivity contribution is 0.415. The van der Waals surface area contributed by atoms with Gasteiger partial charge in [-0.2, -0.15) is 0 Å². The van der Waals surface area contributed by atoms with E-state index in [0.29, 0.717) is 11.0 Å². The molecule has 3 nitrogen and oxygen atoms in total. The molecule has 2 N–H and O–H groups in total. The van der Waals surface area contributed by atoms with E-state index in [9.17, 15) is 0 Å². The summed E-state index contributed by atoms with van der Waals surface area (Å²) in [6, 6.07) is 15.9. The maximum atomic E-state index is 5.37. The fraction of sp³-hybridized carbons (Fsp3) is 0.235. The highest BCUT2D eigenvalue weighted by molar-refractivity contribution is 7.80. The van der Waals surface area contributed by atoms with Crippen molar-refractivity contribution in [2.24, 2.45) is 0 Å². The third-order valence-electron chi connectivity index (χ3n) is 3.18. The number of hydrogen-bond donors (Lipinski definition) is 2. The number of nitrogens with one attached hydrogen (secondary N) is 2. The third-order valence-corrected chi connectivity index (χ3v) is 3.38. The van der Waals surface area contributed by atoms with Crippen molar-refractivity contribution in [3.8, 4) is 5.75 Å². The van der Waals surface area contributed by atoms with Crippen LogP contribution in [0.3, 0.4) is 0 Å². The van der Waals surface area contributed by atoms with Crippen molar-refractivity contribution in [3.05, 3.63) is 54.1 Å². The van der Waals surface area contributed by atoms with Gasteiger partial charge in [0.15, 0.2) is 5.11 Å². The summed E-state index contributed by atoms with van der Waals surface area (Å²) in [7, 11) is 1.65. The standard InChI is InChI=1S/C17H20N2OS/c1-12(2)15-6-4-5-7-16(15)19-17(21)18-13-8-10-14(20-3)11-9-13/h4-12H,1-3H3,(H2,18,19,21). The first-order valence-corrected chi connectivity index (χ1v) is 7.32. The Labute approximate surface area is 131 Å². The Morgan fingerprint density at radius 3 is 2.29 bits per heavy atom. The van der Waals surface area contributed by atoms with E-state index < -0.39 is 0 Å². The fourth-order valence-corrected chi connectivity index (χ4v) is 2.30. The van der Waals surface area contributed by atoms with E-state index in [4.69, 9.17) is 17.0 Å². The van der Waals surface area contributed by atoms with Gasteiger partial charge in [0.05, 0.1) is 7.11 Å². The van der Waals surface area contributed by atoms with E-state index in [2.05, 4.69) is 30.5 Å². The number of hydrogen-bond acceptors (Lipinski definition) is 2. The Hall–Kier alpha value is -2.07. The Morgan fingerprint density at radius 1 is 1.00 bits per heavy atom. The van der Waals surface area contributed by atoms with Gasteiger partial charge in [0.1, 0.15) is 5.75 Å². The molecule has 2 rings (SSSR count). The first kappa shape index (κ1) is 15.3. The predicted octanol–water partition coefficient (Wildman–Crippen LogP) is 4.63. The zero-order valence-electron chi connectivity index (χ0n) is 12.5. The first-order valence-electron chi connectivity index (χ1n) is 6.91. The number of rotatable bonds is 4. The number of thiocarbonyl (C=S) groups is 1. The molecule has 4 heteroatoms. The molecule has 0 unspecified atom stereocenters. The van der Waals surface area contributed by atoms with Gasteiger partial charge in [-0.15, -0.1) is 0 Å². The molecule has 0 aliphatic rings. The molecule has 0 heterocycles. The zero-order valence-corrected chi connectivity index (χ0v) is 13.3. The summed E-state index contributed by atoms with van der Waals surface area (Å²) >= 11 is 5.37. The van der Waals surface area contributed by atoms with E-state index in [1.807, 2.05) is 42.5 Å². The second kappa shape index (κ2) is 7.09. The molecule has 0 fully saturated rings. The number of anilines is 2. The van der Waals surface area contributed by atoms with Gasteiger partial charge in [0.25, 0.3) is 0 Å². The molecule has 0 aromatic heterocycles. The largest absolute Gasteiger partial charge is 0.497 e. The number of para-hydroxylation sites is 1. The molecule has 0 aliphatic heterocycles. The van der Waals surface area contributed by atoms with Gasteiger partial charge < -0.3 is 15.4 Å². The topological polar surface area (TPSA) is 33.3 Å². The molecule has 0 spiro atoms. The molecule has 110 valence electrons. The lowest BCUT2D eigenvalue weighted by atomic mass is 10.0. The number of benzene rings is 2. The average Bonchev–Trinajstić information content (AvgIpc) is 2.48. The van der Waals surface area contributed by atoms with E-state index in [0.717, 1.165) is 17.1 Å². The summed E-state index contributed by atoms with van der Waals surface area (Å²) in [6.07, 6.45) is 0. The van der Waals surface area contributed by atoms with E-state index >= 15 is 0 Å². The highest BCUT2D eigenvalue weighted by atomic mass is 32.1. The van der Waals surface area contributed by atoms with Crippen LogP contribution in [0.1, 0.15) is 25.3 Å². The Morgan fingerprint density at radius 2 is 1.67 bits per heavy atom. The summed E-state index contributed by atoms with van der Waals surface area (Å²) in [5.41, 5.74) is 3.21. The molecular weight excluding hydrogens is 280 g/mol. The molecule has 0 radical (unpaired) electrons. The predicted molar refractivity (Wildman–Crippen MR) is 93.4 cm³/mol. The van der Waals surface area contributed by atoms with Gasteiger partial charge in [0.2, 0.25) is 0 Å². The maximum absolute atomic E-state index is 5.37. The van der Waals surface area contributed by atoms with Gasteiger partial charge in [0, 0.05) is 11.4 Å². The minimum absolute atomic E-state index is 0.442. The lowest BCUT2D eigenvalue weighted by Crippen LogP contribution is -2.20. The van der Waals surface area contributed by atoms with Crippen molar-refractivity contribution >= 4 is 28.7 Å². The lowest BCUT2D eigenvalue weighted by Gasteiger charge is -2.16. The first-order chi connectivity index (χ1) is 10.1. The molecular formula is C17H20N2OS. The zero-order chi connectivity index (χ0) is 15.2. The maximum Gasteiger partial charge on any atom is 0.175 e. The minimum Gasteiger partial charge on any atom is -0.497 e. The Kier molecular flexibility index (Phi) is 5.17. The molecule has 0 saturated carbocycles. The molecule has 0 saturated heterocycles. The molecule has 0 atom stereocenters. The minimum atomic E-state index is 0.442. The highest BCUT2D eigenvalue weighted by Gasteiger charge is 2.07. The second-order valence-electron chi connectivity index (χ2n) is 5.05. The van der Waals surface area contributed by atoms with Gasteiger partial charge >= 0.3 is 0 Å². The molecule has 2 aromatic rings. The van der Waals surface area contributed by atoms with E-state index in [-0.39, 0.29) is 0 Å². The van der Waals surface area contributed by atoms with Gasteiger partial charge in [-0.25, -0.2) is 0 Å². The summed E-state index contributed by atoms with van der Waals surface area (Å²) in [6.45, 7) is 4.33. The highest BCUT2D eigenvalue weighted by Crippen LogP contribution is 2.24. The van der Waals surface area contributed by atoms with Crippen molar-refractivity contribution in [2.75, 3.05) is 17.7 Å². The van der Waals surface area contributed by atoms with Gasteiger partial charge in [-0.3, -0.25) is 0 Å². The van der Waals surface area contributed by atoms with Crippen molar-refractivity contribution in [1.82, 2.24) is 0 Å². The monoisotopic (exact) mass is 300 g/mol. The van der Waals surface area contributed by atoms with E-state index in [1.165, 1.54) is 5.56 Å².